The molecule has 0 aromatic heterocycles. The maximum Gasteiger partial charge on any atom is 0.315 e. The van der Waals surface area contributed by atoms with Crippen LogP contribution in [0.2, 0.25) is 0 Å². The normalized spacial score (nSPS) is 15.9. The maximum absolute atomic E-state index is 13.0. The molecule has 1 aliphatic carbocycles. The molecule has 2 aromatic carbocycles. The Kier molecular flexibility index (Phi) is 6.90. The van der Waals surface area contributed by atoms with Crippen molar-refractivity contribution >= 4 is 22.7 Å². The summed E-state index contributed by atoms with van der Waals surface area (Å²) in [5, 5.41) is 5.37. The number of hydrogen-bond donors (Lipinski definition) is 2. The number of benzene rings is 2. The van der Waals surface area contributed by atoms with Crippen LogP contribution in [0.25, 0.3) is 10.8 Å². The lowest BCUT2D eigenvalue weighted by Crippen LogP contribution is -2.52. The molecular formula is C23H31N3O2. The van der Waals surface area contributed by atoms with Crippen LogP contribution in [0.4, 0.5) is 4.79 Å². The molecule has 2 aromatic rings. The fourth-order valence-corrected chi connectivity index (χ4v) is 4.30. The minimum Gasteiger partial charge on any atom is -0.351 e. The van der Waals surface area contributed by atoms with Gasteiger partial charge in [0.05, 0.1) is 0 Å². The molecule has 1 atom stereocenters. The first-order valence-corrected chi connectivity index (χ1v) is 10.4. The Morgan fingerprint density at radius 2 is 1.82 bits per heavy atom. The van der Waals surface area contributed by atoms with E-state index in [2.05, 4.69) is 29.6 Å². The molecule has 0 bridgehead atoms. The van der Waals surface area contributed by atoms with Gasteiger partial charge in [-0.2, -0.15) is 0 Å². The molecule has 1 saturated carbocycles. The number of primary amides is 1. The topological polar surface area (TPSA) is 75.4 Å². The highest BCUT2D eigenvalue weighted by Gasteiger charge is 2.30. The van der Waals surface area contributed by atoms with Crippen LogP contribution in [0.1, 0.15) is 51.0 Å². The van der Waals surface area contributed by atoms with Crippen molar-refractivity contribution in [3.05, 3.63) is 48.0 Å². The summed E-state index contributed by atoms with van der Waals surface area (Å²) in [6, 6.07) is 13.3. The quantitative estimate of drug-likeness (QED) is 0.754. The van der Waals surface area contributed by atoms with Crippen LogP contribution < -0.4 is 11.1 Å². The van der Waals surface area contributed by atoms with Crippen LogP contribution in [0.5, 0.6) is 0 Å². The highest BCUT2D eigenvalue weighted by Crippen LogP contribution is 2.28. The average molecular weight is 382 g/mol. The molecule has 0 spiro atoms. The highest BCUT2D eigenvalue weighted by atomic mass is 16.2. The lowest BCUT2D eigenvalue weighted by Gasteiger charge is -2.32. The van der Waals surface area contributed by atoms with E-state index in [0.717, 1.165) is 23.8 Å². The first kappa shape index (κ1) is 20.2. The van der Waals surface area contributed by atoms with Crippen LogP contribution in [0.3, 0.4) is 0 Å². The third kappa shape index (κ3) is 5.03. The van der Waals surface area contributed by atoms with Crippen molar-refractivity contribution in [1.29, 1.82) is 0 Å². The van der Waals surface area contributed by atoms with E-state index in [4.69, 9.17) is 5.73 Å². The molecule has 5 heteroatoms. The molecule has 0 heterocycles. The minimum absolute atomic E-state index is 0.112. The first-order valence-electron chi connectivity index (χ1n) is 10.4. The molecule has 3 N–H and O–H groups in total. The Bertz CT molecular complexity index is 814. The number of likely N-dealkylation sites (N-methyl/N-ethyl adjacent to an activating group) is 1. The zero-order chi connectivity index (χ0) is 19.9. The van der Waals surface area contributed by atoms with Crippen LogP contribution in [0, 0.1) is 5.92 Å². The second kappa shape index (κ2) is 9.58. The van der Waals surface area contributed by atoms with E-state index < -0.39 is 12.1 Å². The van der Waals surface area contributed by atoms with Crippen molar-refractivity contribution in [2.45, 2.75) is 58.0 Å². The van der Waals surface area contributed by atoms with Gasteiger partial charge in [0.1, 0.15) is 6.04 Å². The molecule has 0 saturated heterocycles. The molecule has 1 fully saturated rings. The average Bonchev–Trinajstić information content (AvgIpc) is 2.72. The molecule has 1 aliphatic rings. The number of fused-ring (bicyclic) bond motifs is 1. The van der Waals surface area contributed by atoms with Crippen molar-refractivity contribution in [3.8, 4) is 0 Å². The Morgan fingerprint density at radius 1 is 1.11 bits per heavy atom. The monoisotopic (exact) mass is 381 g/mol. The summed E-state index contributed by atoms with van der Waals surface area (Å²) in [5.74, 6) is 0.373. The number of hydrogen-bond acceptors (Lipinski definition) is 2. The maximum atomic E-state index is 13.0. The molecule has 28 heavy (non-hydrogen) atoms. The van der Waals surface area contributed by atoms with Gasteiger partial charge in [0.25, 0.3) is 0 Å². The van der Waals surface area contributed by atoms with Gasteiger partial charge in [-0.25, -0.2) is 4.79 Å². The second-order valence-corrected chi connectivity index (χ2v) is 7.78. The van der Waals surface area contributed by atoms with Crippen molar-refractivity contribution in [2.75, 3.05) is 6.54 Å². The van der Waals surface area contributed by atoms with Crippen LogP contribution in [0.15, 0.2) is 42.5 Å². The summed E-state index contributed by atoms with van der Waals surface area (Å²) >= 11 is 0. The molecule has 5 nitrogen and oxygen atoms in total. The standard InChI is InChI=1S/C23H31N3O2/c1-2-26(23(24)28)21(15-17-8-4-3-5-9-17)22(27)25-16-18-12-13-19-10-6-7-11-20(19)14-18/h6-7,10-14,17,21H,2-5,8-9,15-16H2,1H3,(H2,24,28)(H,25,27). The van der Waals surface area contributed by atoms with Gasteiger partial charge in [0, 0.05) is 13.1 Å². The van der Waals surface area contributed by atoms with Gasteiger partial charge in [-0.15, -0.1) is 0 Å². The first-order chi connectivity index (χ1) is 13.6. The van der Waals surface area contributed by atoms with E-state index in [1.165, 1.54) is 29.5 Å². The number of rotatable bonds is 7. The molecule has 0 aliphatic heterocycles. The molecule has 0 radical (unpaired) electrons. The third-order valence-corrected chi connectivity index (χ3v) is 5.86. The van der Waals surface area contributed by atoms with Gasteiger partial charge in [-0.1, -0.05) is 68.5 Å². The van der Waals surface area contributed by atoms with E-state index in [9.17, 15) is 9.59 Å². The molecule has 1 unspecified atom stereocenters. The van der Waals surface area contributed by atoms with Gasteiger partial charge in [0.2, 0.25) is 5.91 Å². The summed E-state index contributed by atoms with van der Waals surface area (Å²) < 4.78 is 0. The SMILES string of the molecule is CCN(C(N)=O)C(CC1CCCCC1)C(=O)NCc1ccc2ccccc2c1. The Balaban J connectivity index is 1.68. The second-order valence-electron chi connectivity index (χ2n) is 7.78. The number of carbonyl (C=O) groups excluding carboxylic acids is 2. The number of urea groups is 1. The zero-order valence-corrected chi connectivity index (χ0v) is 16.7. The number of nitrogens with one attached hydrogen (secondary N) is 1. The van der Waals surface area contributed by atoms with Crippen LogP contribution >= 0.6 is 0 Å². The minimum atomic E-state index is -0.524. The van der Waals surface area contributed by atoms with E-state index in [0.29, 0.717) is 25.4 Å². The summed E-state index contributed by atoms with van der Waals surface area (Å²) in [7, 11) is 0. The number of nitrogens with zero attached hydrogens (tertiary/aromatic N) is 1. The van der Waals surface area contributed by atoms with Crippen molar-refractivity contribution in [2.24, 2.45) is 11.7 Å². The molecule has 3 rings (SSSR count). The predicted octanol–water partition coefficient (Wildman–Crippen LogP) is 4.20. The lowest BCUT2D eigenvalue weighted by molar-refractivity contribution is -0.126. The van der Waals surface area contributed by atoms with Gasteiger partial charge in [0.15, 0.2) is 0 Å². The van der Waals surface area contributed by atoms with E-state index in [1.54, 1.807) is 0 Å². The Hall–Kier alpha value is -2.56. The van der Waals surface area contributed by atoms with Crippen LogP contribution in [-0.4, -0.2) is 29.4 Å². The number of amides is 3. The zero-order valence-electron chi connectivity index (χ0n) is 16.7. The summed E-state index contributed by atoms with van der Waals surface area (Å²) in [5.41, 5.74) is 6.61. The Labute approximate surface area is 167 Å². The fraction of sp³-hybridized carbons (Fsp3) is 0.478. The van der Waals surface area contributed by atoms with Gasteiger partial charge >= 0.3 is 6.03 Å². The smallest absolute Gasteiger partial charge is 0.315 e. The van der Waals surface area contributed by atoms with Crippen molar-refractivity contribution < 1.29 is 9.59 Å². The number of nitrogens with two attached hydrogens (primary N) is 1. The Morgan fingerprint density at radius 3 is 2.50 bits per heavy atom. The third-order valence-electron chi connectivity index (χ3n) is 5.86. The van der Waals surface area contributed by atoms with Gasteiger partial charge < -0.3 is 16.0 Å². The van der Waals surface area contributed by atoms with Crippen LogP contribution in [-0.2, 0) is 11.3 Å². The summed E-state index contributed by atoms with van der Waals surface area (Å²) in [6.45, 7) is 2.76. The van der Waals surface area contributed by atoms with Gasteiger partial charge in [-0.05, 0) is 41.7 Å². The fourth-order valence-electron chi connectivity index (χ4n) is 4.30. The van der Waals surface area contributed by atoms with Crippen molar-refractivity contribution in [3.63, 3.8) is 0 Å². The van der Waals surface area contributed by atoms with E-state index in [-0.39, 0.29) is 5.91 Å². The van der Waals surface area contributed by atoms with Crippen molar-refractivity contribution in [1.82, 2.24) is 10.2 Å². The molecule has 150 valence electrons. The summed E-state index contributed by atoms with van der Waals surface area (Å²) in [4.78, 5) is 26.4. The van der Waals surface area contributed by atoms with E-state index >= 15 is 0 Å². The highest BCUT2D eigenvalue weighted by molar-refractivity contribution is 5.87. The molecular weight excluding hydrogens is 350 g/mol. The van der Waals surface area contributed by atoms with Gasteiger partial charge in [-0.3, -0.25) is 4.79 Å². The number of carbonyl (C=O) groups is 2. The lowest BCUT2D eigenvalue weighted by atomic mass is 9.84. The largest absolute Gasteiger partial charge is 0.351 e. The predicted molar refractivity (Wildman–Crippen MR) is 113 cm³/mol. The molecule has 3 amide bonds. The summed E-state index contributed by atoms with van der Waals surface area (Å²) in [6.07, 6.45) is 6.64. The van der Waals surface area contributed by atoms with E-state index in [1.807, 2.05) is 25.1 Å².